The van der Waals surface area contributed by atoms with Crippen LogP contribution in [0.4, 0.5) is 5.69 Å². The molecule has 0 atom stereocenters. The molecule has 1 aromatic rings. The lowest BCUT2D eigenvalue weighted by Crippen LogP contribution is -2.41. The number of fused-ring (bicyclic) bond motifs is 1. The first-order valence-corrected chi connectivity index (χ1v) is 7.69. The van der Waals surface area contributed by atoms with E-state index in [-0.39, 0.29) is 5.78 Å². The Morgan fingerprint density at radius 2 is 2.12 bits per heavy atom. The fourth-order valence-corrected chi connectivity index (χ4v) is 3.81. The zero-order valence-corrected chi connectivity index (χ0v) is 11.7. The number of hydrogen-bond acceptors (Lipinski definition) is 3. The molecular weight excluding hydrogens is 306 g/mol. The van der Waals surface area contributed by atoms with Crippen LogP contribution in [0.25, 0.3) is 0 Å². The average Bonchev–Trinajstić information content (AvgIpc) is 2.24. The quantitative estimate of drug-likeness (QED) is 0.840. The highest BCUT2D eigenvalue weighted by Crippen LogP contribution is 2.31. The van der Waals surface area contributed by atoms with Gasteiger partial charge in [0.25, 0.3) is 0 Å². The molecular formula is C11H12BrNO3S. The van der Waals surface area contributed by atoms with Crippen LogP contribution in [0, 0.1) is 0 Å². The number of ketones is 1. The van der Waals surface area contributed by atoms with Crippen LogP contribution in [0.2, 0.25) is 0 Å². The molecule has 92 valence electrons. The van der Waals surface area contributed by atoms with Crippen molar-refractivity contribution in [1.82, 2.24) is 0 Å². The fourth-order valence-electron chi connectivity index (χ4n) is 1.88. The molecule has 1 aromatic carbocycles. The molecule has 6 heteroatoms. The van der Waals surface area contributed by atoms with Crippen molar-refractivity contribution in [1.29, 1.82) is 0 Å². The van der Waals surface area contributed by atoms with Gasteiger partial charge in [0.1, 0.15) is 5.75 Å². The van der Waals surface area contributed by atoms with Crippen LogP contribution in [0.1, 0.15) is 23.7 Å². The standard InChI is InChI=1S/C11H12BrNO3S/c1-2-5-13-10-4-3-8(12)6-9(10)11(14)7-17(13,15)16/h3-4,6H,2,5,7H2,1H3. The zero-order chi connectivity index (χ0) is 12.6. The van der Waals surface area contributed by atoms with Gasteiger partial charge in [0, 0.05) is 16.6 Å². The second-order valence-electron chi connectivity index (χ2n) is 3.91. The van der Waals surface area contributed by atoms with Crippen LogP contribution in [0.3, 0.4) is 0 Å². The molecule has 1 heterocycles. The van der Waals surface area contributed by atoms with Gasteiger partial charge in [0.05, 0.1) is 5.69 Å². The van der Waals surface area contributed by atoms with Gasteiger partial charge in [-0.2, -0.15) is 0 Å². The van der Waals surface area contributed by atoms with E-state index in [9.17, 15) is 13.2 Å². The van der Waals surface area contributed by atoms with Gasteiger partial charge in [-0.25, -0.2) is 8.42 Å². The second-order valence-corrected chi connectivity index (χ2v) is 6.72. The van der Waals surface area contributed by atoms with Gasteiger partial charge >= 0.3 is 0 Å². The summed E-state index contributed by atoms with van der Waals surface area (Å²) < 4.78 is 26.0. The van der Waals surface area contributed by atoms with Gasteiger partial charge < -0.3 is 0 Å². The van der Waals surface area contributed by atoms with Crippen LogP contribution >= 0.6 is 15.9 Å². The number of halogens is 1. The number of Topliss-reactive ketones (excluding diaryl/α,β-unsaturated/α-hetero) is 1. The maximum absolute atomic E-state index is 11.9. The fraction of sp³-hybridized carbons (Fsp3) is 0.364. The number of rotatable bonds is 2. The maximum Gasteiger partial charge on any atom is 0.242 e. The maximum atomic E-state index is 11.9. The Bertz CT molecular complexity index is 568. The molecule has 0 aliphatic carbocycles. The molecule has 0 amide bonds. The highest BCUT2D eigenvalue weighted by atomic mass is 79.9. The molecule has 0 aromatic heterocycles. The van der Waals surface area contributed by atoms with E-state index in [1.165, 1.54) is 4.31 Å². The van der Waals surface area contributed by atoms with Crippen molar-refractivity contribution in [3.05, 3.63) is 28.2 Å². The van der Waals surface area contributed by atoms with E-state index in [2.05, 4.69) is 15.9 Å². The van der Waals surface area contributed by atoms with E-state index in [1.54, 1.807) is 18.2 Å². The van der Waals surface area contributed by atoms with Crippen LogP contribution in [-0.2, 0) is 10.0 Å². The van der Waals surface area contributed by atoms with E-state index >= 15 is 0 Å². The number of anilines is 1. The molecule has 0 unspecified atom stereocenters. The highest BCUT2D eigenvalue weighted by molar-refractivity contribution is 9.10. The summed E-state index contributed by atoms with van der Waals surface area (Å²) in [5.74, 6) is -0.773. The summed E-state index contributed by atoms with van der Waals surface area (Å²) in [7, 11) is -3.49. The van der Waals surface area contributed by atoms with Crippen molar-refractivity contribution in [3.63, 3.8) is 0 Å². The third kappa shape index (κ3) is 2.24. The van der Waals surface area contributed by atoms with Gasteiger partial charge in [0.15, 0.2) is 5.78 Å². The summed E-state index contributed by atoms with van der Waals surface area (Å²) in [6.07, 6.45) is 0.711. The molecule has 4 nitrogen and oxygen atoms in total. The predicted octanol–water partition coefficient (Wildman–Crippen LogP) is 2.19. The Morgan fingerprint density at radius 3 is 2.76 bits per heavy atom. The highest BCUT2D eigenvalue weighted by Gasteiger charge is 2.34. The number of sulfonamides is 1. The SMILES string of the molecule is CCCN1c2ccc(Br)cc2C(=O)CS1(=O)=O. The van der Waals surface area contributed by atoms with Gasteiger partial charge in [0.2, 0.25) is 10.0 Å². The van der Waals surface area contributed by atoms with Gasteiger partial charge in [-0.05, 0) is 24.6 Å². The monoisotopic (exact) mass is 317 g/mol. The van der Waals surface area contributed by atoms with Crippen LogP contribution in [0.15, 0.2) is 22.7 Å². The van der Waals surface area contributed by atoms with Crippen molar-refractivity contribution >= 4 is 37.4 Å². The zero-order valence-electron chi connectivity index (χ0n) is 9.31. The normalized spacial score (nSPS) is 18.0. The number of carbonyl (C=O) groups is 1. The number of hydrogen-bond donors (Lipinski definition) is 0. The van der Waals surface area contributed by atoms with E-state index in [1.807, 2.05) is 6.92 Å². The molecule has 17 heavy (non-hydrogen) atoms. The molecule has 0 bridgehead atoms. The summed E-state index contributed by atoms with van der Waals surface area (Å²) >= 11 is 3.29. The molecule has 1 aliphatic heterocycles. The van der Waals surface area contributed by atoms with E-state index in [0.29, 0.717) is 24.2 Å². The van der Waals surface area contributed by atoms with Crippen molar-refractivity contribution in [3.8, 4) is 0 Å². The summed E-state index contributed by atoms with van der Waals surface area (Å²) in [4.78, 5) is 11.8. The molecule has 2 rings (SSSR count). The molecule has 0 N–H and O–H groups in total. The van der Waals surface area contributed by atoms with Crippen LogP contribution < -0.4 is 4.31 Å². The molecule has 0 saturated carbocycles. The Kier molecular flexibility index (Phi) is 3.27. The Balaban J connectivity index is 2.61. The van der Waals surface area contributed by atoms with Crippen molar-refractivity contribution in [2.75, 3.05) is 16.6 Å². The van der Waals surface area contributed by atoms with Crippen LogP contribution in [0.5, 0.6) is 0 Å². The van der Waals surface area contributed by atoms with Crippen LogP contribution in [-0.4, -0.2) is 26.5 Å². The van der Waals surface area contributed by atoms with E-state index in [4.69, 9.17) is 0 Å². The van der Waals surface area contributed by atoms with Gasteiger partial charge in [-0.1, -0.05) is 22.9 Å². The lowest BCUT2D eigenvalue weighted by molar-refractivity contribution is 0.102. The first-order valence-electron chi connectivity index (χ1n) is 5.29. The predicted molar refractivity (Wildman–Crippen MR) is 69.9 cm³/mol. The average molecular weight is 318 g/mol. The minimum atomic E-state index is -3.49. The van der Waals surface area contributed by atoms with Crippen molar-refractivity contribution in [2.24, 2.45) is 0 Å². The van der Waals surface area contributed by atoms with E-state index < -0.39 is 15.8 Å². The van der Waals surface area contributed by atoms with Gasteiger partial charge in [-0.3, -0.25) is 9.10 Å². The topological polar surface area (TPSA) is 54.5 Å². The summed E-state index contributed by atoms with van der Waals surface area (Å²) in [5.41, 5.74) is 0.967. The Hall–Kier alpha value is -0.880. The number of carbonyl (C=O) groups excluding carboxylic acids is 1. The Morgan fingerprint density at radius 1 is 1.41 bits per heavy atom. The summed E-state index contributed by atoms with van der Waals surface area (Å²) in [5, 5.41) is 0. The number of nitrogens with zero attached hydrogens (tertiary/aromatic N) is 1. The second kappa shape index (κ2) is 4.42. The third-order valence-electron chi connectivity index (χ3n) is 2.60. The molecule has 0 saturated heterocycles. The molecule has 0 fully saturated rings. The lowest BCUT2D eigenvalue weighted by atomic mass is 10.1. The Labute approximate surface area is 109 Å². The summed E-state index contributed by atoms with van der Waals surface area (Å²) in [6.45, 7) is 2.31. The van der Waals surface area contributed by atoms with Crippen molar-refractivity contribution in [2.45, 2.75) is 13.3 Å². The number of benzene rings is 1. The summed E-state index contributed by atoms with van der Waals surface area (Å²) in [6, 6.07) is 5.09. The van der Waals surface area contributed by atoms with Crippen molar-refractivity contribution < 1.29 is 13.2 Å². The lowest BCUT2D eigenvalue weighted by Gasteiger charge is -2.29. The first kappa shape index (κ1) is 12.6. The molecule has 0 radical (unpaired) electrons. The van der Waals surface area contributed by atoms with Gasteiger partial charge in [-0.15, -0.1) is 0 Å². The minimum Gasteiger partial charge on any atom is -0.293 e. The minimum absolute atomic E-state index is 0.339. The third-order valence-corrected chi connectivity index (χ3v) is 4.77. The first-order chi connectivity index (χ1) is 7.95. The molecule has 1 aliphatic rings. The molecule has 0 spiro atoms. The van der Waals surface area contributed by atoms with E-state index in [0.717, 1.165) is 4.47 Å². The largest absolute Gasteiger partial charge is 0.293 e. The smallest absolute Gasteiger partial charge is 0.242 e.